The SMILES string of the molecule is CCCCCCC(C)(C)C1N(CCO)CC[NH+]1CCO.[Cl-]. The van der Waals surface area contributed by atoms with Crippen LogP contribution in [0.15, 0.2) is 0 Å². The van der Waals surface area contributed by atoms with Gasteiger partial charge < -0.3 is 27.5 Å². The maximum absolute atomic E-state index is 9.28. The van der Waals surface area contributed by atoms with Crippen molar-refractivity contribution in [1.29, 1.82) is 0 Å². The van der Waals surface area contributed by atoms with Crippen LogP contribution in [0, 0.1) is 5.41 Å². The van der Waals surface area contributed by atoms with Crippen LogP contribution in [-0.2, 0) is 0 Å². The summed E-state index contributed by atoms with van der Waals surface area (Å²) >= 11 is 0. The van der Waals surface area contributed by atoms with Crippen molar-refractivity contribution in [2.45, 2.75) is 59.0 Å². The molecule has 2 atom stereocenters. The molecule has 0 amide bonds. The van der Waals surface area contributed by atoms with E-state index in [1.54, 1.807) is 0 Å². The molecule has 21 heavy (non-hydrogen) atoms. The van der Waals surface area contributed by atoms with Crippen molar-refractivity contribution >= 4 is 0 Å². The van der Waals surface area contributed by atoms with Crippen LogP contribution < -0.4 is 17.3 Å². The number of hydrogen-bond acceptors (Lipinski definition) is 3. The number of nitrogens with one attached hydrogen (secondary N) is 1. The number of nitrogens with zero attached hydrogens (tertiary/aromatic N) is 1. The topological polar surface area (TPSA) is 48.1 Å². The summed E-state index contributed by atoms with van der Waals surface area (Å²) in [5.74, 6) is 0. The van der Waals surface area contributed by atoms with E-state index < -0.39 is 0 Å². The molecule has 0 spiro atoms. The number of rotatable bonds is 10. The number of hydrogen-bond donors (Lipinski definition) is 3. The fraction of sp³-hybridized carbons (Fsp3) is 1.00. The molecule has 1 rings (SSSR count). The summed E-state index contributed by atoms with van der Waals surface area (Å²) in [5.41, 5.74) is 0.240. The first-order chi connectivity index (χ1) is 9.56. The zero-order chi connectivity index (χ0) is 15.0. The lowest BCUT2D eigenvalue weighted by Gasteiger charge is -2.39. The van der Waals surface area contributed by atoms with Gasteiger partial charge in [0.05, 0.1) is 26.3 Å². The molecule has 128 valence electrons. The Balaban J connectivity index is 0.00000400. The van der Waals surface area contributed by atoms with Crippen molar-refractivity contribution in [3.8, 4) is 0 Å². The van der Waals surface area contributed by atoms with Crippen molar-refractivity contribution in [3.63, 3.8) is 0 Å². The lowest BCUT2D eigenvalue weighted by Crippen LogP contribution is -3.16. The van der Waals surface area contributed by atoms with Gasteiger partial charge in [0.2, 0.25) is 0 Å². The van der Waals surface area contributed by atoms with E-state index in [2.05, 4.69) is 25.7 Å². The molecule has 0 aromatic heterocycles. The van der Waals surface area contributed by atoms with Crippen molar-refractivity contribution < 1.29 is 27.5 Å². The zero-order valence-corrected chi connectivity index (χ0v) is 14.8. The molecule has 1 aliphatic heterocycles. The van der Waals surface area contributed by atoms with Gasteiger partial charge in [-0.2, -0.15) is 0 Å². The van der Waals surface area contributed by atoms with Gasteiger partial charge in [0.25, 0.3) is 0 Å². The number of quaternary nitrogens is 1. The summed E-state index contributed by atoms with van der Waals surface area (Å²) in [4.78, 5) is 3.91. The van der Waals surface area contributed by atoms with Crippen molar-refractivity contribution in [2.24, 2.45) is 5.41 Å². The molecular formula is C16H35ClN2O2. The minimum Gasteiger partial charge on any atom is -1.00 e. The minimum atomic E-state index is 0. The van der Waals surface area contributed by atoms with Crippen LogP contribution in [0.1, 0.15) is 52.9 Å². The van der Waals surface area contributed by atoms with Crippen LogP contribution in [0.3, 0.4) is 0 Å². The van der Waals surface area contributed by atoms with Gasteiger partial charge in [-0.1, -0.05) is 46.5 Å². The lowest BCUT2D eigenvalue weighted by molar-refractivity contribution is -0.926. The third kappa shape index (κ3) is 6.41. The highest BCUT2D eigenvalue weighted by Crippen LogP contribution is 2.30. The van der Waals surface area contributed by atoms with E-state index in [4.69, 9.17) is 0 Å². The normalized spacial score (nSPS) is 23.3. The highest BCUT2D eigenvalue weighted by Gasteiger charge is 2.45. The molecule has 0 aromatic rings. The van der Waals surface area contributed by atoms with E-state index >= 15 is 0 Å². The third-order valence-corrected chi connectivity index (χ3v) is 4.71. The number of unbranched alkanes of at least 4 members (excludes halogenated alkanes) is 3. The summed E-state index contributed by atoms with van der Waals surface area (Å²) < 4.78 is 0. The minimum absolute atomic E-state index is 0. The summed E-state index contributed by atoms with van der Waals surface area (Å²) in [6.07, 6.45) is 6.88. The molecule has 3 N–H and O–H groups in total. The van der Waals surface area contributed by atoms with Crippen molar-refractivity contribution in [1.82, 2.24) is 4.90 Å². The fourth-order valence-corrected chi connectivity index (χ4v) is 3.78. The molecule has 4 nitrogen and oxygen atoms in total. The van der Waals surface area contributed by atoms with Gasteiger partial charge in [0, 0.05) is 12.0 Å². The van der Waals surface area contributed by atoms with Crippen LogP contribution in [0.4, 0.5) is 0 Å². The fourth-order valence-electron chi connectivity index (χ4n) is 3.78. The molecule has 1 aliphatic rings. The molecule has 1 fully saturated rings. The second-order valence-electron chi connectivity index (χ2n) is 6.84. The maximum atomic E-state index is 9.28. The maximum Gasteiger partial charge on any atom is 0.149 e. The Labute approximate surface area is 136 Å². The van der Waals surface area contributed by atoms with E-state index in [1.165, 1.54) is 37.0 Å². The largest absolute Gasteiger partial charge is 1.00 e. The monoisotopic (exact) mass is 322 g/mol. The van der Waals surface area contributed by atoms with E-state index in [0.29, 0.717) is 6.17 Å². The Kier molecular flexibility index (Phi) is 10.9. The van der Waals surface area contributed by atoms with Gasteiger partial charge in [-0.3, -0.25) is 0 Å². The van der Waals surface area contributed by atoms with Gasteiger partial charge >= 0.3 is 0 Å². The van der Waals surface area contributed by atoms with Crippen LogP contribution >= 0.6 is 0 Å². The van der Waals surface area contributed by atoms with E-state index in [0.717, 1.165) is 26.2 Å². The zero-order valence-electron chi connectivity index (χ0n) is 14.1. The second-order valence-corrected chi connectivity index (χ2v) is 6.84. The molecular weight excluding hydrogens is 288 g/mol. The first-order valence-electron chi connectivity index (χ1n) is 8.37. The molecule has 0 radical (unpaired) electrons. The quantitative estimate of drug-likeness (QED) is 0.390. The predicted molar refractivity (Wildman–Crippen MR) is 82.8 cm³/mol. The van der Waals surface area contributed by atoms with Gasteiger partial charge in [-0.05, 0) is 6.42 Å². The molecule has 1 saturated heterocycles. The molecule has 0 saturated carbocycles. The summed E-state index contributed by atoms with van der Waals surface area (Å²) in [6.45, 7) is 11.2. The standard InChI is InChI=1S/C16H34N2O2.ClH/c1-4-5-6-7-8-16(2,3)15-17(11-13-19)9-10-18(15)12-14-20;/h15,19-20H,4-14H2,1-3H3;1H. The van der Waals surface area contributed by atoms with Gasteiger partial charge in [0.15, 0.2) is 0 Å². The number of aliphatic hydroxyl groups is 2. The van der Waals surface area contributed by atoms with E-state index in [-0.39, 0.29) is 31.0 Å². The van der Waals surface area contributed by atoms with E-state index in [9.17, 15) is 10.2 Å². The molecule has 1 heterocycles. The molecule has 0 bridgehead atoms. The van der Waals surface area contributed by atoms with Crippen molar-refractivity contribution in [3.05, 3.63) is 0 Å². The first kappa shape index (κ1) is 21.1. The Hall–Kier alpha value is 0.130. The highest BCUT2D eigenvalue weighted by atomic mass is 35.5. The molecule has 5 heteroatoms. The average Bonchev–Trinajstić information content (AvgIpc) is 2.79. The Morgan fingerprint density at radius 3 is 2.43 bits per heavy atom. The Bertz CT molecular complexity index is 251. The highest BCUT2D eigenvalue weighted by molar-refractivity contribution is 4.82. The average molecular weight is 323 g/mol. The van der Waals surface area contributed by atoms with E-state index in [1.807, 2.05) is 0 Å². The first-order valence-corrected chi connectivity index (χ1v) is 8.37. The van der Waals surface area contributed by atoms with Crippen LogP contribution in [-0.4, -0.2) is 60.7 Å². The smallest absolute Gasteiger partial charge is 0.149 e. The number of aliphatic hydroxyl groups excluding tert-OH is 2. The summed E-state index contributed by atoms with van der Waals surface area (Å²) in [6, 6.07) is 0. The Morgan fingerprint density at radius 2 is 1.86 bits per heavy atom. The Morgan fingerprint density at radius 1 is 1.14 bits per heavy atom. The van der Waals surface area contributed by atoms with Gasteiger partial charge in [-0.25, -0.2) is 4.90 Å². The number of β-amino-alcohol motifs (C(OH)–C–C–N with tert-alkyl or cyclic N) is 1. The van der Waals surface area contributed by atoms with Gasteiger partial charge in [-0.15, -0.1) is 0 Å². The third-order valence-electron chi connectivity index (χ3n) is 4.71. The predicted octanol–water partition coefficient (Wildman–Crippen LogP) is -2.50. The van der Waals surface area contributed by atoms with Gasteiger partial charge in [0.1, 0.15) is 12.7 Å². The molecule has 0 aromatic carbocycles. The second kappa shape index (κ2) is 10.8. The molecule has 0 aliphatic carbocycles. The van der Waals surface area contributed by atoms with Crippen molar-refractivity contribution in [2.75, 3.05) is 39.4 Å². The summed E-state index contributed by atoms with van der Waals surface area (Å²) in [7, 11) is 0. The van der Waals surface area contributed by atoms with Crippen LogP contribution in [0.2, 0.25) is 0 Å². The summed E-state index contributed by atoms with van der Waals surface area (Å²) in [5, 5.41) is 18.6. The number of halogens is 1. The van der Waals surface area contributed by atoms with Crippen LogP contribution in [0.5, 0.6) is 0 Å². The van der Waals surface area contributed by atoms with Crippen LogP contribution in [0.25, 0.3) is 0 Å². The molecule has 2 unspecified atom stereocenters. The lowest BCUT2D eigenvalue weighted by atomic mass is 9.82.